The number of anilines is 1. The van der Waals surface area contributed by atoms with Crippen LogP contribution in [0.4, 0.5) is 11.4 Å². The van der Waals surface area contributed by atoms with Crippen molar-refractivity contribution in [1.82, 2.24) is 0 Å². The van der Waals surface area contributed by atoms with Crippen LogP contribution in [0.5, 0.6) is 0 Å². The van der Waals surface area contributed by atoms with Gasteiger partial charge in [0.15, 0.2) is 5.57 Å². The van der Waals surface area contributed by atoms with Gasteiger partial charge in [-0.25, -0.2) is 9.59 Å². The predicted octanol–water partition coefficient (Wildman–Crippen LogP) is 1.36. The number of nitrogens with one attached hydrogen (secondary N) is 1. The summed E-state index contributed by atoms with van der Waals surface area (Å²) in [4.78, 5) is 33.8. The Bertz CT molecular complexity index is 765. The van der Waals surface area contributed by atoms with Gasteiger partial charge in [-0.3, -0.25) is 10.1 Å². The van der Waals surface area contributed by atoms with Crippen LogP contribution in [0, 0.1) is 10.1 Å². The van der Waals surface area contributed by atoms with Crippen molar-refractivity contribution < 1.29 is 24.0 Å². The molecule has 1 aliphatic rings. The van der Waals surface area contributed by atoms with Crippen LogP contribution in [0.3, 0.4) is 0 Å². The number of hydrogen-bond donors (Lipinski definition) is 2. The molecule has 0 aliphatic carbocycles. The van der Waals surface area contributed by atoms with Crippen molar-refractivity contribution in [3.8, 4) is 0 Å². The van der Waals surface area contributed by atoms with E-state index < -0.39 is 22.6 Å². The average Bonchev–Trinajstić information content (AvgIpc) is 2.44. The molecule has 1 aromatic rings. The number of nitrogens with zero attached hydrogens (tertiary/aromatic N) is 1. The van der Waals surface area contributed by atoms with Gasteiger partial charge in [0.2, 0.25) is 0 Å². The van der Waals surface area contributed by atoms with Crippen molar-refractivity contribution in [2.75, 3.05) is 5.32 Å². The van der Waals surface area contributed by atoms with Gasteiger partial charge in [-0.05, 0) is 6.07 Å². The highest BCUT2D eigenvalue weighted by Crippen LogP contribution is 2.25. The first-order valence-corrected chi connectivity index (χ1v) is 7.03. The molecule has 1 aromatic carbocycles. The molecule has 0 amide bonds. The Morgan fingerprint density at radius 1 is 1.33 bits per heavy atom. The monoisotopic (exact) mass is 351 g/mol. The zero-order chi connectivity index (χ0) is 18.1. The van der Waals surface area contributed by atoms with Gasteiger partial charge in [-0.1, -0.05) is 12.2 Å². The van der Waals surface area contributed by atoms with Gasteiger partial charge in [-0.2, -0.15) is 0 Å². The van der Waals surface area contributed by atoms with E-state index in [1.807, 2.05) is 0 Å². The number of esters is 2. The lowest BCUT2D eigenvalue weighted by Crippen LogP contribution is -2.42. The topological polar surface area (TPSA) is 134 Å². The molecule has 2 rings (SSSR count). The van der Waals surface area contributed by atoms with Crippen molar-refractivity contribution in [2.24, 2.45) is 5.73 Å². The van der Waals surface area contributed by atoms with Gasteiger partial charge in [0.05, 0.1) is 4.92 Å². The molecular formula is C14H13N3O6S. The molecule has 9 nitrogen and oxygen atoms in total. The number of nitro groups is 1. The van der Waals surface area contributed by atoms with Gasteiger partial charge in [0, 0.05) is 43.4 Å². The molecule has 1 fully saturated rings. The number of carbonyl (C=O) groups is 2. The lowest BCUT2D eigenvalue weighted by molar-refractivity contribution is -0.384. The molecule has 0 unspecified atom stereocenters. The number of ether oxygens (including phenoxy) is 2. The van der Waals surface area contributed by atoms with Gasteiger partial charge in [0.25, 0.3) is 11.5 Å². The summed E-state index contributed by atoms with van der Waals surface area (Å²) in [6, 6.07) is 3.76. The second-order valence-corrected chi connectivity index (χ2v) is 5.67. The van der Waals surface area contributed by atoms with Crippen molar-refractivity contribution in [2.45, 2.75) is 19.6 Å². The first-order chi connectivity index (χ1) is 11.1. The summed E-state index contributed by atoms with van der Waals surface area (Å²) in [5, 5.41) is 13.5. The van der Waals surface area contributed by atoms with E-state index in [0.29, 0.717) is 0 Å². The van der Waals surface area contributed by atoms with Crippen LogP contribution in [0.2, 0.25) is 0 Å². The zero-order valence-electron chi connectivity index (χ0n) is 12.7. The van der Waals surface area contributed by atoms with Crippen molar-refractivity contribution in [3.05, 3.63) is 45.6 Å². The van der Waals surface area contributed by atoms with E-state index >= 15 is 0 Å². The van der Waals surface area contributed by atoms with Crippen LogP contribution in [0.1, 0.15) is 19.4 Å². The summed E-state index contributed by atoms with van der Waals surface area (Å²) in [5.74, 6) is -3.06. The molecule has 0 atom stereocenters. The number of nitro benzene ring substituents is 1. The minimum atomic E-state index is -1.34. The molecule has 1 heterocycles. The molecular weight excluding hydrogens is 338 g/mol. The highest BCUT2D eigenvalue weighted by Gasteiger charge is 2.39. The smallest absolute Gasteiger partial charge is 0.350 e. The first-order valence-electron chi connectivity index (χ1n) is 6.62. The Morgan fingerprint density at radius 2 is 1.92 bits per heavy atom. The summed E-state index contributed by atoms with van der Waals surface area (Å²) in [6.07, 6.45) is 1.07. The third kappa shape index (κ3) is 3.66. The number of cyclic esters (lactones) is 2. The largest absolute Gasteiger partial charge is 0.419 e. The second-order valence-electron chi connectivity index (χ2n) is 5.23. The highest BCUT2D eigenvalue weighted by atomic mass is 32.1. The Labute approximate surface area is 141 Å². The molecule has 0 bridgehead atoms. The van der Waals surface area contributed by atoms with Gasteiger partial charge in [-0.15, -0.1) is 0 Å². The molecule has 0 radical (unpaired) electrons. The molecule has 1 aliphatic heterocycles. The highest BCUT2D eigenvalue weighted by molar-refractivity contribution is 7.80. The number of rotatable bonds is 4. The van der Waals surface area contributed by atoms with Crippen molar-refractivity contribution in [1.29, 1.82) is 0 Å². The van der Waals surface area contributed by atoms with Crippen LogP contribution in [0.25, 0.3) is 0 Å². The maximum absolute atomic E-state index is 11.8. The predicted molar refractivity (Wildman–Crippen MR) is 87.0 cm³/mol. The minimum Gasteiger partial charge on any atom is -0.419 e. The van der Waals surface area contributed by atoms with E-state index in [0.717, 1.165) is 6.20 Å². The standard InChI is InChI=1S/C14H13N3O6S/c1-14(2)22-12(18)9(13(19)23-14)6-16-10-4-3-7(17(20)21)5-8(10)11(15)24/h3-6,16H,1-2H3,(H2,15,24). The minimum absolute atomic E-state index is 0.0884. The SMILES string of the molecule is CC1(C)OC(=O)C(=CNc2ccc([N+](=O)[O-])cc2C(N)=S)C(=O)O1. The van der Waals surface area contributed by atoms with E-state index in [9.17, 15) is 19.7 Å². The number of nitrogens with two attached hydrogens (primary N) is 1. The average molecular weight is 351 g/mol. The van der Waals surface area contributed by atoms with Crippen LogP contribution in [-0.4, -0.2) is 27.6 Å². The molecule has 0 saturated carbocycles. The van der Waals surface area contributed by atoms with Gasteiger partial charge >= 0.3 is 11.9 Å². The van der Waals surface area contributed by atoms with Crippen LogP contribution in [0.15, 0.2) is 30.0 Å². The van der Waals surface area contributed by atoms with Crippen LogP contribution >= 0.6 is 12.2 Å². The summed E-state index contributed by atoms with van der Waals surface area (Å²) in [7, 11) is 0. The number of non-ortho nitro benzene ring substituents is 1. The molecule has 10 heteroatoms. The Kier molecular flexibility index (Phi) is 4.51. The third-order valence-corrected chi connectivity index (χ3v) is 3.19. The number of carbonyl (C=O) groups excluding carboxylic acids is 2. The Morgan fingerprint density at radius 3 is 2.42 bits per heavy atom. The lowest BCUT2D eigenvalue weighted by atomic mass is 10.1. The van der Waals surface area contributed by atoms with Crippen LogP contribution < -0.4 is 11.1 Å². The lowest BCUT2D eigenvalue weighted by Gasteiger charge is -2.29. The maximum atomic E-state index is 11.8. The summed E-state index contributed by atoms with van der Waals surface area (Å²) in [6.45, 7) is 2.85. The van der Waals surface area contributed by atoms with E-state index in [-0.39, 0.29) is 27.5 Å². The molecule has 3 N–H and O–H groups in total. The van der Waals surface area contributed by atoms with Crippen molar-refractivity contribution >= 4 is 40.5 Å². The molecule has 24 heavy (non-hydrogen) atoms. The maximum Gasteiger partial charge on any atom is 0.350 e. The summed E-state index contributed by atoms with van der Waals surface area (Å²) < 4.78 is 9.89. The van der Waals surface area contributed by atoms with E-state index in [4.69, 9.17) is 27.4 Å². The number of thiocarbonyl (C=S) groups is 1. The fourth-order valence-corrected chi connectivity index (χ4v) is 2.07. The first kappa shape index (κ1) is 17.3. The van der Waals surface area contributed by atoms with E-state index in [1.54, 1.807) is 0 Å². The van der Waals surface area contributed by atoms with E-state index in [2.05, 4.69) is 5.32 Å². The number of benzene rings is 1. The quantitative estimate of drug-likeness (QED) is 0.206. The summed E-state index contributed by atoms with van der Waals surface area (Å²) in [5.41, 5.74) is 5.46. The number of hydrogen-bond acceptors (Lipinski definition) is 8. The fraction of sp³-hybridized carbons (Fsp3) is 0.214. The third-order valence-electron chi connectivity index (χ3n) is 2.97. The molecule has 0 aromatic heterocycles. The molecule has 126 valence electrons. The summed E-state index contributed by atoms with van der Waals surface area (Å²) >= 11 is 4.85. The fourth-order valence-electron chi connectivity index (χ4n) is 1.90. The normalized spacial score (nSPS) is 16.0. The Hall–Kier alpha value is -3.01. The van der Waals surface area contributed by atoms with Gasteiger partial charge in [0.1, 0.15) is 4.99 Å². The zero-order valence-corrected chi connectivity index (χ0v) is 13.5. The van der Waals surface area contributed by atoms with Crippen LogP contribution in [-0.2, 0) is 19.1 Å². The Balaban J connectivity index is 2.31. The van der Waals surface area contributed by atoms with Gasteiger partial charge < -0.3 is 20.5 Å². The molecule has 0 spiro atoms. The molecule has 1 saturated heterocycles. The second kappa shape index (κ2) is 6.24. The van der Waals surface area contributed by atoms with Crippen molar-refractivity contribution in [3.63, 3.8) is 0 Å². The van der Waals surface area contributed by atoms with E-state index in [1.165, 1.54) is 32.0 Å².